The van der Waals surface area contributed by atoms with E-state index in [1.807, 2.05) is 0 Å². The number of nitrogen functional groups attached to an aromatic ring is 2. The largest absolute Gasteiger partial charge is 0.382 e. The van der Waals surface area contributed by atoms with Crippen molar-refractivity contribution in [2.45, 2.75) is 51.0 Å². The van der Waals surface area contributed by atoms with Gasteiger partial charge in [-0.05, 0) is 38.0 Å². The molecule has 30 heavy (non-hydrogen) atoms. The number of guanidine groups is 1. The van der Waals surface area contributed by atoms with Gasteiger partial charge in [0.25, 0.3) is 5.91 Å². The van der Waals surface area contributed by atoms with Gasteiger partial charge in [0, 0.05) is 6.54 Å². The molecule has 0 saturated heterocycles. The van der Waals surface area contributed by atoms with Crippen LogP contribution < -0.4 is 28.3 Å². The number of carbonyl (C=O) groups excluding carboxylic acids is 2. The van der Waals surface area contributed by atoms with Crippen LogP contribution >= 0.6 is 11.6 Å². The number of aliphatic imine (C=N–C) groups is 1. The molecule has 0 unspecified atom stereocenters. The zero-order valence-electron chi connectivity index (χ0n) is 16.8. The Labute approximate surface area is 180 Å². The Balaban J connectivity index is 1.65. The smallest absolute Gasteiger partial charge is 0.280 e. The molecule has 1 aromatic heterocycles. The third-order valence-electron chi connectivity index (χ3n) is 4.92. The number of unbranched alkanes of at least 4 members (excludes halogenated alkanes) is 1. The number of ether oxygens (including phenoxy) is 1. The van der Waals surface area contributed by atoms with Gasteiger partial charge in [0.05, 0.1) is 6.10 Å². The quantitative estimate of drug-likeness (QED) is 0.208. The highest BCUT2D eigenvalue weighted by Crippen LogP contribution is 2.29. The first kappa shape index (κ1) is 23.6. The number of nitrogens with two attached hydrogens (primary N) is 4. The minimum absolute atomic E-state index is 0.00413. The molecule has 1 aromatic rings. The maximum Gasteiger partial charge on any atom is 0.280 e. The molecule has 12 heteroatoms. The van der Waals surface area contributed by atoms with E-state index in [9.17, 15) is 9.59 Å². The molecular weight excluding hydrogens is 412 g/mol. The Morgan fingerprint density at radius 1 is 1.10 bits per heavy atom. The van der Waals surface area contributed by atoms with E-state index < -0.39 is 11.8 Å². The average molecular weight is 441 g/mol. The monoisotopic (exact) mass is 440 g/mol. The van der Waals surface area contributed by atoms with E-state index in [0.29, 0.717) is 12.5 Å². The van der Waals surface area contributed by atoms with Crippen molar-refractivity contribution in [3.05, 3.63) is 10.8 Å². The first-order valence-electron chi connectivity index (χ1n) is 9.86. The first-order valence-corrected chi connectivity index (χ1v) is 10.2. The second-order valence-corrected chi connectivity index (χ2v) is 7.63. The molecule has 2 amide bonds. The Kier molecular flexibility index (Phi) is 9.06. The highest BCUT2D eigenvalue weighted by Gasteiger charge is 2.21. The van der Waals surface area contributed by atoms with Gasteiger partial charge in [0.15, 0.2) is 28.4 Å². The predicted molar refractivity (Wildman–Crippen MR) is 115 cm³/mol. The lowest BCUT2D eigenvalue weighted by Gasteiger charge is -2.28. The fourth-order valence-electron chi connectivity index (χ4n) is 3.36. The highest BCUT2D eigenvalue weighted by molar-refractivity contribution is 6.31. The third-order valence-corrected chi connectivity index (χ3v) is 5.20. The zero-order valence-corrected chi connectivity index (χ0v) is 17.5. The molecule has 166 valence electrons. The fraction of sp³-hybridized carbons (Fsp3) is 0.611. The zero-order chi connectivity index (χ0) is 22.1. The first-order chi connectivity index (χ1) is 14.3. The van der Waals surface area contributed by atoms with Gasteiger partial charge in [-0.2, -0.15) is 0 Å². The van der Waals surface area contributed by atoms with Crippen LogP contribution in [0.5, 0.6) is 0 Å². The van der Waals surface area contributed by atoms with Crippen molar-refractivity contribution in [2.24, 2.45) is 22.4 Å². The summed E-state index contributed by atoms with van der Waals surface area (Å²) in [6, 6.07) is 0. The van der Waals surface area contributed by atoms with Crippen LogP contribution in [0.4, 0.5) is 11.6 Å². The summed E-state index contributed by atoms with van der Waals surface area (Å²) < 4.78 is 5.47. The Bertz CT molecular complexity index is 781. The van der Waals surface area contributed by atoms with Crippen molar-refractivity contribution in [1.29, 1.82) is 0 Å². The number of halogens is 1. The number of nitrogens with one attached hydrogen (secondary N) is 1. The second-order valence-electron chi connectivity index (χ2n) is 7.27. The van der Waals surface area contributed by atoms with E-state index >= 15 is 0 Å². The molecule has 11 nitrogen and oxygen atoms in total. The number of rotatable bonds is 9. The number of primary amides is 1. The lowest BCUT2D eigenvalue weighted by Crippen LogP contribution is -2.38. The molecule has 1 aliphatic rings. The van der Waals surface area contributed by atoms with Crippen LogP contribution in [0.2, 0.25) is 5.15 Å². The molecule has 1 saturated carbocycles. The molecular formula is C18H29ClN8O3. The van der Waals surface area contributed by atoms with Crippen LogP contribution in [0.3, 0.4) is 0 Å². The van der Waals surface area contributed by atoms with Gasteiger partial charge >= 0.3 is 0 Å². The molecule has 0 radical (unpaired) electrons. The minimum atomic E-state index is -0.654. The minimum Gasteiger partial charge on any atom is -0.382 e. The molecule has 1 aliphatic carbocycles. The summed E-state index contributed by atoms with van der Waals surface area (Å²) in [4.78, 5) is 34.6. The molecule has 0 aromatic carbocycles. The van der Waals surface area contributed by atoms with E-state index in [0.717, 1.165) is 44.9 Å². The predicted octanol–water partition coefficient (Wildman–Crippen LogP) is 0.570. The molecule has 0 spiro atoms. The standard InChI is InChI=1S/C18H29ClN8O3/c19-14-16(22)26-15(21)13(25-14)17(29)27-18(23)24-8-2-1-3-10-4-6-11(7-5-10)30-9-12(20)28/h10-11H,1-9H2,(H2,20,28)(H4,21,22,26)(H3,23,24,27,29). The number of nitrogens with zero attached hydrogens (tertiary/aromatic N) is 3. The summed E-state index contributed by atoms with van der Waals surface area (Å²) in [5.74, 6) is -0.659. The van der Waals surface area contributed by atoms with Gasteiger partial charge in [0.1, 0.15) is 6.61 Å². The molecule has 1 heterocycles. The third kappa shape index (κ3) is 7.64. The summed E-state index contributed by atoms with van der Waals surface area (Å²) in [5, 5.41) is 2.30. The second kappa shape index (κ2) is 11.5. The van der Waals surface area contributed by atoms with E-state index in [-0.39, 0.29) is 41.2 Å². The van der Waals surface area contributed by atoms with Gasteiger partial charge in [-0.15, -0.1) is 0 Å². The molecule has 0 atom stereocenters. The summed E-state index contributed by atoms with van der Waals surface area (Å²) >= 11 is 5.76. The van der Waals surface area contributed by atoms with Crippen LogP contribution in [0, 0.1) is 5.92 Å². The number of carbonyl (C=O) groups is 2. The van der Waals surface area contributed by atoms with Crippen molar-refractivity contribution in [2.75, 3.05) is 24.6 Å². The summed E-state index contributed by atoms with van der Waals surface area (Å²) in [6.07, 6.45) is 7.16. The number of anilines is 2. The number of aromatic nitrogens is 2. The van der Waals surface area contributed by atoms with Crippen LogP contribution in [-0.4, -0.2) is 47.0 Å². The van der Waals surface area contributed by atoms with Crippen molar-refractivity contribution < 1.29 is 14.3 Å². The van der Waals surface area contributed by atoms with E-state index in [1.165, 1.54) is 0 Å². The topological polar surface area (TPSA) is 198 Å². The fourth-order valence-corrected chi connectivity index (χ4v) is 3.48. The Hall–Kier alpha value is -2.66. The van der Waals surface area contributed by atoms with Crippen molar-refractivity contribution in [3.8, 4) is 0 Å². The maximum atomic E-state index is 12.2. The maximum absolute atomic E-state index is 12.2. The van der Waals surface area contributed by atoms with Crippen LogP contribution in [0.25, 0.3) is 0 Å². The molecule has 2 rings (SSSR count). The van der Waals surface area contributed by atoms with Crippen LogP contribution in [0.1, 0.15) is 55.4 Å². The van der Waals surface area contributed by atoms with Gasteiger partial charge in [0.2, 0.25) is 5.91 Å². The Morgan fingerprint density at radius 2 is 1.80 bits per heavy atom. The van der Waals surface area contributed by atoms with Crippen LogP contribution in [-0.2, 0) is 9.53 Å². The molecule has 0 aliphatic heterocycles. The summed E-state index contributed by atoms with van der Waals surface area (Å²) in [7, 11) is 0. The van der Waals surface area contributed by atoms with E-state index in [2.05, 4.69) is 20.3 Å². The van der Waals surface area contributed by atoms with Crippen LogP contribution in [0.15, 0.2) is 4.99 Å². The molecule has 9 N–H and O–H groups in total. The number of hydrogen-bond acceptors (Lipinski definition) is 8. The summed E-state index contributed by atoms with van der Waals surface area (Å²) in [6.45, 7) is 0.489. The number of amides is 2. The van der Waals surface area contributed by atoms with Gasteiger partial charge in [-0.25, -0.2) is 9.97 Å². The molecule has 0 bridgehead atoms. The average Bonchev–Trinajstić information content (AvgIpc) is 2.69. The Morgan fingerprint density at radius 3 is 2.47 bits per heavy atom. The molecule has 1 fully saturated rings. The summed E-state index contributed by atoms with van der Waals surface area (Å²) in [5.41, 5.74) is 21.8. The lowest BCUT2D eigenvalue weighted by atomic mass is 9.84. The van der Waals surface area contributed by atoms with Gasteiger partial charge in [-0.3, -0.25) is 19.9 Å². The van der Waals surface area contributed by atoms with E-state index in [4.69, 9.17) is 39.3 Å². The van der Waals surface area contributed by atoms with E-state index in [1.54, 1.807) is 0 Å². The normalized spacial score (nSPS) is 19.4. The van der Waals surface area contributed by atoms with Crippen molar-refractivity contribution in [1.82, 2.24) is 15.3 Å². The van der Waals surface area contributed by atoms with Crippen molar-refractivity contribution in [3.63, 3.8) is 0 Å². The van der Waals surface area contributed by atoms with Gasteiger partial charge < -0.3 is 27.7 Å². The number of hydrogen-bond donors (Lipinski definition) is 5. The highest BCUT2D eigenvalue weighted by atomic mass is 35.5. The lowest BCUT2D eigenvalue weighted by molar-refractivity contribution is -0.125. The van der Waals surface area contributed by atoms with Crippen molar-refractivity contribution >= 4 is 41.0 Å². The van der Waals surface area contributed by atoms with Gasteiger partial charge in [-0.1, -0.05) is 24.4 Å². The SMILES string of the molecule is NC(=O)COC1CCC(CCCCN=C(N)NC(=O)c2nc(Cl)c(N)nc2N)CC1.